The van der Waals surface area contributed by atoms with Gasteiger partial charge >= 0.3 is 0 Å². The standard InChI is InChI=1S/C18H18N2O/c21-18(17-6-3-9-19-17)20-14-7-8-16-13(11-14)10-12-4-1-2-5-15(12)16/h1-2,4-5,7-8,11,17,19H,3,6,9-10H2,(H,20,21). The summed E-state index contributed by atoms with van der Waals surface area (Å²) in [6.45, 7) is 0.942. The Bertz CT molecular complexity index is 702. The minimum Gasteiger partial charge on any atom is -0.325 e. The van der Waals surface area contributed by atoms with Crippen LogP contribution >= 0.6 is 0 Å². The van der Waals surface area contributed by atoms with Crippen molar-refractivity contribution >= 4 is 11.6 Å². The van der Waals surface area contributed by atoms with Crippen molar-refractivity contribution in [1.82, 2.24) is 5.32 Å². The third-order valence-electron chi connectivity index (χ3n) is 4.44. The summed E-state index contributed by atoms with van der Waals surface area (Å²) in [6.07, 6.45) is 2.97. The van der Waals surface area contributed by atoms with Crippen LogP contribution in [0.3, 0.4) is 0 Å². The first-order valence-corrected chi connectivity index (χ1v) is 7.57. The average Bonchev–Trinajstić information content (AvgIpc) is 3.14. The fourth-order valence-electron chi connectivity index (χ4n) is 3.36. The van der Waals surface area contributed by atoms with E-state index < -0.39 is 0 Å². The highest BCUT2D eigenvalue weighted by atomic mass is 16.2. The molecule has 106 valence electrons. The van der Waals surface area contributed by atoms with E-state index in [-0.39, 0.29) is 11.9 Å². The zero-order chi connectivity index (χ0) is 14.2. The van der Waals surface area contributed by atoms with Crippen molar-refractivity contribution in [1.29, 1.82) is 0 Å². The van der Waals surface area contributed by atoms with Gasteiger partial charge in [0.25, 0.3) is 0 Å². The van der Waals surface area contributed by atoms with E-state index in [1.165, 1.54) is 22.3 Å². The first-order chi connectivity index (χ1) is 10.3. The largest absolute Gasteiger partial charge is 0.325 e. The molecule has 2 N–H and O–H groups in total. The van der Waals surface area contributed by atoms with Crippen LogP contribution in [0.4, 0.5) is 5.69 Å². The van der Waals surface area contributed by atoms with Crippen molar-refractivity contribution in [2.75, 3.05) is 11.9 Å². The van der Waals surface area contributed by atoms with Crippen LogP contribution in [0.15, 0.2) is 42.5 Å². The van der Waals surface area contributed by atoms with Crippen molar-refractivity contribution in [2.24, 2.45) is 0 Å². The number of anilines is 1. The Morgan fingerprint density at radius 2 is 1.95 bits per heavy atom. The first kappa shape index (κ1) is 12.6. The summed E-state index contributed by atoms with van der Waals surface area (Å²) < 4.78 is 0. The Morgan fingerprint density at radius 1 is 1.10 bits per heavy atom. The maximum Gasteiger partial charge on any atom is 0.241 e. The lowest BCUT2D eigenvalue weighted by atomic mass is 10.1. The number of nitrogens with one attached hydrogen (secondary N) is 2. The number of fused-ring (bicyclic) bond motifs is 3. The van der Waals surface area contributed by atoms with E-state index in [0.29, 0.717) is 0 Å². The molecule has 2 aromatic rings. The lowest BCUT2D eigenvalue weighted by Gasteiger charge is -2.12. The minimum absolute atomic E-state index is 0.0320. The van der Waals surface area contributed by atoms with Crippen LogP contribution in [0, 0.1) is 0 Å². The Morgan fingerprint density at radius 3 is 2.81 bits per heavy atom. The third kappa shape index (κ3) is 2.24. The summed E-state index contributed by atoms with van der Waals surface area (Å²) in [5.74, 6) is 0.0861. The van der Waals surface area contributed by atoms with Gasteiger partial charge in [0.05, 0.1) is 6.04 Å². The fourth-order valence-corrected chi connectivity index (χ4v) is 3.36. The number of hydrogen-bond donors (Lipinski definition) is 2. The second-order valence-corrected chi connectivity index (χ2v) is 5.84. The van der Waals surface area contributed by atoms with Crippen LogP contribution in [-0.4, -0.2) is 18.5 Å². The fraction of sp³-hybridized carbons (Fsp3) is 0.278. The van der Waals surface area contributed by atoms with E-state index in [9.17, 15) is 4.79 Å². The van der Waals surface area contributed by atoms with Crippen molar-refractivity contribution in [3.63, 3.8) is 0 Å². The zero-order valence-electron chi connectivity index (χ0n) is 11.9. The van der Waals surface area contributed by atoms with E-state index >= 15 is 0 Å². The minimum atomic E-state index is -0.0320. The summed E-state index contributed by atoms with van der Waals surface area (Å²) in [5, 5.41) is 6.27. The molecule has 0 spiro atoms. The molecule has 1 aliphatic carbocycles. The Hall–Kier alpha value is -2.13. The molecule has 1 fully saturated rings. The molecule has 1 aliphatic heterocycles. The zero-order valence-corrected chi connectivity index (χ0v) is 11.9. The first-order valence-electron chi connectivity index (χ1n) is 7.57. The van der Waals surface area contributed by atoms with Crippen molar-refractivity contribution < 1.29 is 4.79 Å². The summed E-state index contributed by atoms with van der Waals surface area (Å²) in [5.41, 5.74) is 6.19. The summed E-state index contributed by atoms with van der Waals surface area (Å²) in [6, 6.07) is 14.7. The Balaban J connectivity index is 1.57. The van der Waals surface area contributed by atoms with E-state index in [1.54, 1.807) is 0 Å². The van der Waals surface area contributed by atoms with Gasteiger partial charge < -0.3 is 10.6 Å². The predicted molar refractivity (Wildman–Crippen MR) is 84.3 cm³/mol. The molecule has 0 aromatic heterocycles. The third-order valence-corrected chi connectivity index (χ3v) is 4.44. The van der Waals surface area contributed by atoms with Crippen LogP contribution in [0.25, 0.3) is 11.1 Å². The van der Waals surface area contributed by atoms with Gasteiger partial charge in [-0.25, -0.2) is 0 Å². The molecule has 1 unspecified atom stereocenters. The molecular weight excluding hydrogens is 260 g/mol. The lowest BCUT2D eigenvalue weighted by molar-refractivity contribution is -0.117. The summed E-state index contributed by atoms with van der Waals surface area (Å²) in [4.78, 5) is 12.2. The van der Waals surface area contributed by atoms with Gasteiger partial charge in [0.2, 0.25) is 5.91 Å². The van der Waals surface area contributed by atoms with Crippen LogP contribution in [0.2, 0.25) is 0 Å². The maximum absolute atomic E-state index is 12.2. The topological polar surface area (TPSA) is 41.1 Å². The molecule has 1 atom stereocenters. The molecule has 1 heterocycles. The van der Waals surface area contributed by atoms with E-state index in [0.717, 1.165) is 31.5 Å². The van der Waals surface area contributed by atoms with Gasteiger partial charge in [-0.15, -0.1) is 0 Å². The van der Waals surface area contributed by atoms with Gasteiger partial charge in [0, 0.05) is 5.69 Å². The molecule has 2 aromatic carbocycles. The molecule has 1 amide bonds. The second-order valence-electron chi connectivity index (χ2n) is 5.84. The number of benzene rings is 2. The van der Waals surface area contributed by atoms with Crippen LogP contribution < -0.4 is 10.6 Å². The summed E-state index contributed by atoms with van der Waals surface area (Å²) in [7, 11) is 0. The highest BCUT2D eigenvalue weighted by Gasteiger charge is 2.23. The molecule has 2 aliphatic rings. The van der Waals surface area contributed by atoms with E-state index in [2.05, 4.69) is 47.0 Å². The average molecular weight is 278 g/mol. The number of carbonyl (C=O) groups is 1. The quantitative estimate of drug-likeness (QED) is 0.756. The predicted octanol–water partition coefficient (Wildman–Crippen LogP) is 2.95. The molecule has 0 bridgehead atoms. The van der Waals surface area contributed by atoms with E-state index in [4.69, 9.17) is 0 Å². The highest BCUT2D eigenvalue weighted by molar-refractivity contribution is 5.95. The molecular formula is C18H18N2O. The second kappa shape index (κ2) is 5.01. The van der Waals surface area contributed by atoms with Crippen LogP contribution in [0.5, 0.6) is 0 Å². The van der Waals surface area contributed by atoms with Crippen LogP contribution in [0.1, 0.15) is 24.0 Å². The van der Waals surface area contributed by atoms with Gasteiger partial charge in [0.15, 0.2) is 0 Å². The van der Waals surface area contributed by atoms with Gasteiger partial charge in [-0.2, -0.15) is 0 Å². The highest BCUT2D eigenvalue weighted by Crippen LogP contribution is 2.37. The smallest absolute Gasteiger partial charge is 0.241 e. The van der Waals surface area contributed by atoms with Crippen LogP contribution in [-0.2, 0) is 11.2 Å². The van der Waals surface area contributed by atoms with Crippen molar-refractivity contribution in [3.8, 4) is 11.1 Å². The molecule has 21 heavy (non-hydrogen) atoms. The Kier molecular flexibility index (Phi) is 3.00. The molecule has 3 nitrogen and oxygen atoms in total. The molecule has 4 rings (SSSR count). The van der Waals surface area contributed by atoms with E-state index in [1.807, 2.05) is 6.07 Å². The summed E-state index contributed by atoms with van der Waals surface area (Å²) >= 11 is 0. The lowest BCUT2D eigenvalue weighted by Crippen LogP contribution is -2.35. The van der Waals surface area contributed by atoms with Gasteiger partial charge in [-0.3, -0.25) is 4.79 Å². The van der Waals surface area contributed by atoms with Crippen molar-refractivity contribution in [2.45, 2.75) is 25.3 Å². The molecule has 1 saturated heterocycles. The molecule has 0 saturated carbocycles. The van der Waals surface area contributed by atoms with Gasteiger partial charge in [-0.1, -0.05) is 30.3 Å². The number of hydrogen-bond acceptors (Lipinski definition) is 2. The Labute approximate surface area is 124 Å². The number of carbonyl (C=O) groups excluding carboxylic acids is 1. The normalized spacial score (nSPS) is 19.1. The maximum atomic E-state index is 12.2. The van der Waals surface area contributed by atoms with Gasteiger partial charge in [-0.05, 0) is 60.2 Å². The monoisotopic (exact) mass is 278 g/mol. The van der Waals surface area contributed by atoms with Gasteiger partial charge in [0.1, 0.15) is 0 Å². The number of amides is 1. The van der Waals surface area contributed by atoms with Crippen molar-refractivity contribution in [3.05, 3.63) is 53.6 Å². The molecule has 0 radical (unpaired) electrons. The number of rotatable bonds is 2. The SMILES string of the molecule is O=C(Nc1ccc2c(c1)Cc1ccccc1-2)C1CCCN1. The molecule has 3 heteroatoms.